The van der Waals surface area contributed by atoms with Gasteiger partial charge in [0, 0.05) is 13.1 Å². The Hall–Kier alpha value is -2.99. The van der Waals surface area contributed by atoms with Crippen molar-refractivity contribution in [2.75, 3.05) is 25.6 Å². The van der Waals surface area contributed by atoms with Gasteiger partial charge in [-0.2, -0.15) is 0 Å². The number of hydrogen-bond acceptors (Lipinski definition) is 4. The van der Waals surface area contributed by atoms with Gasteiger partial charge < -0.3 is 9.47 Å². The average molecular weight is 383 g/mol. The zero-order chi connectivity index (χ0) is 19.4. The van der Waals surface area contributed by atoms with Crippen LogP contribution in [0.3, 0.4) is 0 Å². The lowest BCUT2D eigenvalue weighted by Crippen LogP contribution is -2.26. The van der Waals surface area contributed by atoms with E-state index in [4.69, 9.17) is 9.47 Å². The minimum atomic E-state index is -3.75. The standard InChI is InChI=1S/C21H21NO4S/c1-22(18-11-7-10-17(14-18)16-8-5-4-6-9-16)27(23,24)19-12-13-20(25-2)21(15-19)26-3/h4-15H,1-3H3. The third kappa shape index (κ3) is 3.75. The van der Waals surface area contributed by atoms with E-state index in [-0.39, 0.29) is 4.90 Å². The lowest BCUT2D eigenvalue weighted by atomic mass is 10.1. The summed E-state index contributed by atoms with van der Waals surface area (Å²) in [7, 11) is 0.768. The van der Waals surface area contributed by atoms with Crippen molar-refractivity contribution in [2.45, 2.75) is 4.90 Å². The van der Waals surface area contributed by atoms with Crippen LogP contribution in [0.2, 0.25) is 0 Å². The molecule has 0 aromatic heterocycles. The first-order chi connectivity index (χ1) is 13.0. The van der Waals surface area contributed by atoms with E-state index >= 15 is 0 Å². The molecular formula is C21H21NO4S. The molecule has 0 fully saturated rings. The van der Waals surface area contributed by atoms with Crippen LogP contribution in [-0.4, -0.2) is 29.7 Å². The second kappa shape index (κ2) is 7.72. The molecular weight excluding hydrogens is 362 g/mol. The predicted octanol–water partition coefficient (Wildman–Crippen LogP) is 4.20. The van der Waals surface area contributed by atoms with Crippen molar-refractivity contribution in [3.63, 3.8) is 0 Å². The summed E-state index contributed by atoms with van der Waals surface area (Å²) in [5.74, 6) is 0.843. The van der Waals surface area contributed by atoms with Gasteiger partial charge in [0.1, 0.15) is 0 Å². The number of hydrogen-bond donors (Lipinski definition) is 0. The minimum absolute atomic E-state index is 0.132. The van der Waals surface area contributed by atoms with Crippen LogP contribution in [0.4, 0.5) is 5.69 Å². The molecule has 0 bridgehead atoms. The molecule has 3 aromatic rings. The monoisotopic (exact) mass is 383 g/mol. The highest BCUT2D eigenvalue weighted by Gasteiger charge is 2.23. The highest BCUT2D eigenvalue weighted by atomic mass is 32.2. The van der Waals surface area contributed by atoms with Crippen molar-refractivity contribution < 1.29 is 17.9 Å². The molecule has 0 radical (unpaired) electrons. The van der Waals surface area contributed by atoms with Crippen LogP contribution in [-0.2, 0) is 10.0 Å². The first-order valence-electron chi connectivity index (χ1n) is 8.34. The first kappa shape index (κ1) is 18.8. The van der Waals surface area contributed by atoms with E-state index in [9.17, 15) is 8.42 Å². The summed E-state index contributed by atoms with van der Waals surface area (Å²) in [4.78, 5) is 0.132. The molecule has 0 spiro atoms. The van der Waals surface area contributed by atoms with Crippen LogP contribution >= 0.6 is 0 Å². The van der Waals surface area contributed by atoms with Crippen molar-refractivity contribution in [3.05, 3.63) is 72.8 Å². The molecule has 0 saturated carbocycles. The summed E-state index contributed by atoms with van der Waals surface area (Å²) in [6.07, 6.45) is 0. The number of anilines is 1. The van der Waals surface area contributed by atoms with Gasteiger partial charge in [0.2, 0.25) is 0 Å². The maximum atomic E-state index is 13.1. The Morgan fingerprint density at radius 2 is 1.41 bits per heavy atom. The highest BCUT2D eigenvalue weighted by Crippen LogP contribution is 2.32. The Kier molecular flexibility index (Phi) is 5.37. The quantitative estimate of drug-likeness (QED) is 0.640. The fourth-order valence-corrected chi connectivity index (χ4v) is 3.99. The topological polar surface area (TPSA) is 55.8 Å². The maximum absolute atomic E-state index is 13.1. The normalized spacial score (nSPS) is 11.1. The fraction of sp³-hybridized carbons (Fsp3) is 0.143. The van der Waals surface area contributed by atoms with Gasteiger partial charge in [-0.15, -0.1) is 0 Å². The molecule has 140 valence electrons. The summed E-state index contributed by atoms with van der Waals surface area (Å²) in [6, 6.07) is 21.8. The summed E-state index contributed by atoms with van der Waals surface area (Å²) in [6.45, 7) is 0. The van der Waals surface area contributed by atoms with E-state index in [2.05, 4.69) is 0 Å². The third-order valence-corrected chi connectivity index (χ3v) is 6.11. The molecule has 5 nitrogen and oxygen atoms in total. The Morgan fingerprint density at radius 3 is 2.07 bits per heavy atom. The van der Waals surface area contributed by atoms with Gasteiger partial charge in [-0.3, -0.25) is 4.31 Å². The second-order valence-corrected chi connectivity index (χ2v) is 7.87. The first-order valence-corrected chi connectivity index (χ1v) is 9.78. The molecule has 0 atom stereocenters. The van der Waals surface area contributed by atoms with Gasteiger partial charge in [0.05, 0.1) is 24.8 Å². The average Bonchev–Trinajstić information content (AvgIpc) is 2.73. The van der Waals surface area contributed by atoms with Crippen molar-refractivity contribution >= 4 is 15.7 Å². The lowest BCUT2D eigenvalue weighted by molar-refractivity contribution is 0.354. The molecule has 0 aliphatic carbocycles. The lowest BCUT2D eigenvalue weighted by Gasteiger charge is -2.21. The Balaban J connectivity index is 1.99. The van der Waals surface area contributed by atoms with Crippen LogP contribution in [0.5, 0.6) is 11.5 Å². The van der Waals surface area contributed by atoms with Gasteiger partial charge in [0.25, 0.3) is 10.0 Å². The molecule has 0 aliphatic rings. The molecule has 0 heterocycles. The van der Waals surface area contributed by atoms with Gasteiger partial charge in [-0.25, -0.2) is 8.42 Å². The Bertz CT molecular complexity index is 1030. The van der Waals surface area contributed by atoms with Gasteiger partial charge >= 0.3 is 0 Å². The summed E-state index contributed by atoms with van der Waals surface area (Å²) in [5, 5.41) is 0. The van der Waals surface area contributed by atoms with Gasteiger partial charge in [-0.1, -0.05) is 42.5 Å². The van der Waals surface area contributed by atoms with E-state index in [1.807, 2.05) is 48.5 Å². The second-order valence-electron chi connectivity index (χ2n) is 5.91. The van der Waals surface area contributed by atoms with Crippen molar-refractivity contribution in [3.8, 4) is 22.6 Å². The van der Waals surface area contributed by atoms with E-state index in [0.29, 0.717) is 17.2 Å². The number of methoxy groups -OCH3 is 2. The molecule has 0 amide bonds. The summed E-state index contributed by atoms with van der Waals surface area (Å²) < 4.78 is 37.8. The zero-order valence-electron chi connectivity index (χ0n) is 15.4. The Labute approximate surface area is 159 Å². The van der Waals surface area contributed by atoms with Gasteiger partial charge in [0.15, 0.2) is 11.5 Å². The fourth-order valence-electron chi connectivity index (χ4n) is 2.79. The smallest absolute Gasteiger partial charge is 0.264 e. The number of rotatable bonds is 6. The van der Waals surface area contributed by atoms with Crippen LogP contribution in [0.1, 0.15) is 0 Å². The van der Waals surface area contributed by atoms with E-state index in [1.165, 1.54) is 37.7 Å². The molecule has 6 heteroatoms. The zero-order valence-corrected chi connectivity index (χ0v) is 16.2. The SMILES string of the molecule is COc1ccc(S(=O)(=O)N(C)c2cccc(-c3ccccc3)c2)cc1OC. The number of sulfonamides is 1. The number of nitrogens with zero attached hydrogens (tertiary/aromatic N) is 1. The molecule has 27 heavy (non-hydrogen) atoms. The van der Waals surface area contributed by atoms with Crippen LogP contribution in [0.15, 0.2) is 77.7 Å². The van der Waals surface area contributed by atoms with E-state index < -0.39 is 10.0 Å². The van der Waals surface area contributed by atoms with Crippen molar-refractivity contribution in [1.29, 1.82) is 0 Å². The van der Waals surface area contributed by atoms with Crippen molar-refractivity contribution in [2.24, 2.45) is 0 Å². The molecule has 0 saturated heterocycles. The van der Waals surface area contributed by atoms with Crippen molar-refractivity contribution in [1.82, 2.24) is 0 Å². The molecule has 3 rings (SSSR count). The molecule has 0 unspecified atom stereocenters. The molecule has 0 N–H and O–H groups in total. The summed E-state index contributed by atoms with van der Waals surface area (Å²) >= 11 is 0. The molecule has 3 aromatic carbocycles. The number of benzene rings is 3. The van der Waals surface area contributed by atoms with E-state index in [1.54, 1.807) is 12.1 Å². The minimum Gasteiger partial charge on any atom is -0.493 e. The Morgan fingerprint density at radius 1 is 0.741 bits per heavy atom. The van der Waals surface area contributed by atoms with Gasteiger partial charge in [-0.05, 0) is 35.4 Å². The van der Waals surface area contributed by atoms with E-state index in [0.717, 1.165) is 11.1 Å². The van der Waals surface area contributed by atoms with Crippen LogP contribution in [0.25, 0.3) is 11.1 Å². The largest absolute Gasteiger partial charge is 0.493 e. The summed E-state index contributed by atoms with van der Waals surface area (Å²) in [5.41, 5.74) is 2.55. The molecule has 0 aliphatic heterocycles. The maximum Gasteiger partial charge on any atom is 0.264 e. The predicted molar refractivity (Wildman–Crippen MR) is 107 cm³/mol. The third-order valence-electron chi connectivity index (χ3n) is 4.33. The number of ether oxygens (including phenoxy) is 2. The highest BCUT2D eigenvalue weighted by molar-refractivity contribution is 7.92. The van der Waals surface area contributed by atoms with Crippen LogP contribution < -0.4 is 13.8 Å². The van der Waals surface area contributed by atoms with Crippen LogP contribution in [0, 0.1) is 0 Å².